The maximum absolute atomic E-state index is 5.90. The quantitative estimate of drug-likeness (QED) is 0.848. The van der Waals surface area contributed by atoms with Crippen molar-refractivity contribution in [3.05, 3.63) is 40.7 Å². The van der Waals surface area contributed by atoms with E-state index in [1.54, 1.807) is 6.07 Å². The van der Waals surface area contributed by atoms with Crippen LogP contribution in [0.4, 0.5) is 5.82 Å². The summed E-state index contributed by atoms with van der Waals surface area (Å²) < 4.78 is 5.45. The first-order valence-corrected chi connectivity index (χ1v) is 5.88. The molecule has 4 nitrogen and oxygen atoms in total. The minimum absolute atomic E-state index is 0.454. The second kappa shape index (κ2) is 5.19. The molecule has 90 valence electrons. The number of furan rings is 1. The van der Waals surface area contributed by atoms with Crippen LogP contribution in [0.2, 0.25) is 5.15 Å². The predicted octanol–water partition coefficient (Wildman–Crippen LogP) is 3.21. The van der Waals surface area contributed by atoms with Gasteiger partial charge in [-0.25, -0.2) is 9.97 Å². The molecule has 0 saturated carbocycles. The monoisotopic (exact) mass is 251 g/mol. The molecule has 2 aromatic rings. The predicted molar refractivity (Wildman–Crippen MR) is 67.2 cm³/mol. The molecule has 5 heteroatoms. The molecular formula is C12H14ClN3O. The summed E-state index contributed by atoms with van der Waals surface area (Å²) in [6.07, 6.45) is 0.759. The summed E-state index contributed by atoms with van der Waals surface area (Å²) in [5.74, 6) is 3.22. The Morgan fingerprint density at radius 2 is 2.18 bits per heavy atom. The molecule has 0 aliphatic rings. The molecule has 0 fully saturated rings. The molecule has 0 bridgehead atoms. The number of aryl methyl sites for hydroxylation is 2. The van der Waals surface area contributed by atoms with E-state index in [0.717, 1.165) is 29.6 Å². The fraction of sp³-hybridized carbons (Fsp3) is 0.333. The van der Waals surface area contributed by atoms with Crippen molar-refractivity contribution < 1.29 is 4.42 Å². The number of halogens is 1. The van der Waals surface area contributed by atoms with Gasteiger partial charge in [0.1, 0.15) is 28.3 Å². The summed E-state index contributed by atoms with van der Waals surface area (Å²) in [7, 11) is 0. The number of nitrogens with one attached hydrogen (secondary N) is 1. The first kappa shape index (κ1) is 11.9. The summed E-state index contributed by atoms with van der Waals surface area (Å²) in [6.45, 7) is 4.50. The lowest BCUT2D eigenvalue weighted by Gasteiger charge is -2.05. The lowest BCUT2D eigenvalue weighted by Crippen LogP contribution is -2.03. The molecule has 2 heterocycles. The summed E-state index contributed by atoms with van der Waals surface area (Å²) in [4.78, 5) is 8.43. The van der Waals surface area contributed by atoms with E-state index in [1.165, 1.54) is 0 Å². The maximum Gasteiger partial charge on any atom is 0.134 e. The highest BCUT2D eigenvalue weighted by molar-refractivity contribution is 6.29. The van der Waals surface area contributed by atoms with Crippen molar-refractivity contribution in [1.82, 2.24) is 9.97 Å². The van der Waals surface area contributed by atoms with Crippen molar-refractivity contribution in [3.8, 4) is 0 Å². The summed E-state index contributed by atoms with van der Waals surface area (Å²) >= 11 is 5.90. The number of hydrogen-bond donors (Lipinski definition) is 1. The molecule has 0 aliphatic heterocycles. The maximum atomic E-state index is 5.90. The van der Waals surface area contributed by atoms with E-state index in [9.17, 15) is 0 Å². The summed E-state index contributed by atoms with van der Waals surface area (Å²) in [6, 6.07) is 5.57. The van der Waals surface area contributed by atoms with Crippen LogP contribution in [-0.2, 0) is 13.0 Å². The highest BCUT2D eigenvalue weighted by atomic mass is 35.5. The molecule has 0 aliphatic carbocycles. The Morgan fingerprint density at radius 3 is 2.82 bits per heavy atom. The number of aromatic nitrogens is 2. The van der Waals surface area contributed by atoms with Gasteiger partial charge in [0, 0.05) is 12.5 Å². The van der Waals surface area contributed by atoms with Crippen LogP contribution >= 0.6 is 11.6 Å². The van der Waals surface area contributed by atoms with Crippen LogP contribution in [-0.4, -0.2) is 9.97 Å². The van der Waals surface area contributed by atoms with Gasteiger partial charge in [-0.05, 0) is 19.1 Å². The first-order chi connectivity index (χ1) is 8.17. The lowest BCUT2D eigenvalue weighted by molar-refractivity contribution is 0.490. The molecule has 0 atom stereocenters. The average Bonchev–Trinajstić information content (AvgIpc) is 2.72. The highest BCUT2D eigenvalue weighted by Crippen LogP contribution is 2.14. The van der Waals surface area contributed by atoms with Gasteiger partial charge in [0.05, 0.1) is 6.54 Å². The molecule has 0 radical (unpaired) electrons. The molecule has 0 amide bonds. The molecule has 0 spiro atoms. The van der Waals surface area contributed by atoms with Crippen LogP contribution in [0.25, 0.3) is 0 Å². The Labute approximate surface area is 105 Å². The standard InChI is InChI=1S/C12H14ClN3O/c1-3-11-15-10(13)6-12(16-11)14-7-9-5-4-8(2)17-9/h4-6H,3,7H2,1-2H3,(H,14,15,16). The Kier molecular flexibility index (Phi) is 3.64. The van der Waals surface area contributed by atoms with Crippen molar-refractivity contribution in [1.29, 1.82) is 0 Å². The van der Waals surface area contributed by atoms with E-state index >= 15 is 0 Å². The zero-order chi connectivity index (χ0) is 12.3. The van der Waals surface area contributed by atoms with Crippen molar-refractivity contribution >= 4 is 17.4 Å². The van der Waals surface area contributed by atoms with Crippen LogP contribution in [0.1, 0.15) is 24.3 Å². The van der Waals surface area contributed by atoms with Crippen LogP contribution in [0.15, 0.2) is 22.6 Å². The van der Waals surface area contributed by atoms with Gasteiger partial charge < -0.3 is 9.73 Å². The largest absolute Gasteiger partial charge is 0.465 e. The lowest BCUT2D eigenvalue weighted by atomic mass is 10.4. The second-order valence-electron chi connectivity index (χ2n) is 3.71. The molecule has 0 unspecified atom stereocenters. The smallest absolute Gasteiger partial charge is 0.134 e. The van der Waals surface area contributed by atoms with Gasteiger partial charge in [0.25, 0.3) is 0 Å². The van der Waals surface area contributed by atoms with Crippen LogP contribution in [0.5, 0.6) is 0 Å². The molecule has 1 N–H and O–H groups in total. The minimum Gasteiger partial charge on any atom is -0.465 e. The van der Waals surface area contributed by atoms with E-state index in [2.05, 4.69) is 15.3 Å². The summed E-state index contributed by atoms with van der Waals surface area (Å²) in [5, 5.41) is 3.61. The SMILES string of the molecule is CCc1nc(Cl)cc(NCc2ccc(C)o2)n1. The van der Waals surface area contributed by atoms with Gasteiger partial charge in [-0.2, -0.15) is 0 Å². The van der Waals surface area contributed by atoms with E-state index in [4.69, 9.17) is 16.0 Å². The zero-order valence-corrected chi connectivity index (χ0v) is 10.6. The third kappa shape index (κ3) is 3.20. The van der Waals surface area contributed by atoms with Gasteiger partial charge in [-0.15, -0.1) is 0 Å². The number of anilines is 1. The zero-order valence-electron chi connectivity index (χ0n) is 9.83. The Hall–Kier alpha value is -1.55. The summed E-state index contributed by atoms with van der Waals surface area (Å²) in [5.41, 5.74) is 0. The molecule has 0 aromatic carbocycles. The van der Waals surface area contributed by atoms with Crippen molar-refractivity contribution in [3.63, 3.8) is 0 Å². The van der Waals surface area contributed by atoms with E-state index in [-0.39, 0.29) is 0 Å². The number of rotatable bonds is 4. The topological polar surface area (TPSA) is 51.0 Å². The molecule has 0 saturated heterocycles. The van der Waals surface area contributed by atoms with E-state index in [0.29, 0.717) is 11.7 Å². The van der Waals surface area contributed by atoms with Crippen molar-refractivity contribution in [2.75, 3.05) is 5.32 Å². The van der Waals surface area contributed by atoms with Gasteiger partial charge in [-0.1, -0.05) is 18.5 Å². The molecule has 2 rings (SSSR count). The third-order valence-electron chi connectivity index (χ3n) is 2.30. The van der Waals surface area contributed by atoms with Gasteiger partial charge in [0.15, 0.2) is 0 Å². The van der Waals surface area contributed by atoms with Crippen molar-refractivity contribution in [2.24, 2.45) is 0 Å². The first-order valence-electron chi connectivity index (χ1n) is 5.50. The Balaban J connectivity index is 2.05. The van der Waals surface area contributed by atoms with Crippen LogP contribution < -0.4 is 5.32 Å². The van der Waals surface area contributed by atoms with Crippen molar-refractivity contribution in [2.45, 2.75) is 26.8 Å². The van der Waals surface area contributed by atoms with Gasteiger partial charge in [0.2, 0.25) is 0 Å². The normalized spacial score (nSPS) is 10.5. The fourth-order valence-corrected chi connectivity index (χ4v) is 1.67. The highest BCUT2D eigenvalue weighted by Gasteiger charge is 2.03. The van der Waals surface area contributed by atoms with E-state index in [1.807, 2.05) is 26.0 Å². The Morgan fingerprint density at radius 1 is 1.35 bits per heavy atom. The molecular weight excluding hydrogens is 238 g/mol. The van der Waals surface area contributed by atoms with Gasteiger partial charge in [-0.3, -0.25) is 0 Å². The van der Waals surface area contributed by atoms with Crippen LogP contribution in [0, 0.1) is 6.92 Å². The average molecular weight is 252 g/mol. The number of hydrogen-bond acceptors (Lipinski definition) is 4. The Bertz CT molecular complexity index is 510. The van der Waals surface area contributed by atoms with Crippen LogP contribution in [0.3, 0.4) is 0 Å². The molecule has 17 heavy (non-hydrogen) atoms. The second-order valence-corrected chi connectivity index (χ2v) is 4.10. The van der Waals surface area contributed by atoms with E-state index < -0.39 is 0 Å². The third-order valence-corrected chi connectivity index (χ3v) is 2.49. The minimum atomic E-state index is 0.454. The number of nitrogens with zero attached hydrogens (tertiary/aromatic N) is 2. The fourth-order valence-electron chi connectivity index (χ4n) is 1.47. The van der Waals surface area contributed by atoms with Gasteiger partial charge >= 0.3 is 0 Å². The molecule has 2 aromatic heterocycles.